The molecule has 3 rings (SSSR count). The Morgan fingerprint density at radius 3 is 2.38 bits per heavy atom. The van der Waals surface area contributed by atoms with Crippen molar-refractivity contribution in [2.75, 3.05) is 11.1 Å². The molecule has 26 heavy (non-hydrogen) atoms. The number of anilines is 1. The molecular formula is C21H21NO3S. The molecule has 4 nitrogen and oxygen atoms in total. The van der Waals surface area contributed by atoms with Crippen LogP contribution in [0.2, 0.25) is 0 Å². The molecule has 0 spiro atoms. The average Bonchev–Trinajstić information content (AvgIpc) is 2.62. The van der Waals surface area contributed by atoms with E-state index in [4.69, 9.17) is 0 Å². The van der Waals surface area contributed by atoms with Gasteiger partial charge in [0.2, 0.25) is 5.91 Å². The van der Waals surface area contributed by atoms with Gasteiger partial charge in [0.05, 0.1) is 10.6 Å². The van der Waals surface area contributed by atoms with Gasteiger partial charge in [0, 0.05) is 17.5 Å². The van der Waals surface area contributed by atoms with Gasteiger partial charge in [-0.1, -0.05) is 54.1 Å². The first-order chi connectivity index (χ1) is 12.5. The minimum absolute atomic E-state index is 0.0426. The van der Waals surface area contributed by atoms with Crippen LogP contribution in [0.3, 0.4) is 0 Å². The largest absolute Gasteiger partial charge is 0.326 e. The second-order valence-electron chi connectivity index (χ2n) is 6.31. The lowest BCUT2D eigenvalue weighted by Crippen LogP contribution is -2.14. The lowest BCUT2D eigenvalue weighted by atomic mass is 10.1. The lowest BCUT2D eigenvalue weighted by molar-refractivity contribution is -0.116. The van der Waals surface area contributed by atoms with Crippen molar-refractivity contribution in [3.8, 4) is 0 Å². The Labute approximate surface area is 153 Å². The van der Waals surface area contributed by atoms with Gasteiger partial charge in [-0.3, -0.25) is 4.79 Å². The molecule has 1 amide bonds. The van der Waals surface area contributed by atoms with Crippen molar-refractivity contribution in [3.63, 3.8) is 0 Å². The molecule has 3 aromatic rings. The molecule has 0 heterocycles. The van der Waals surface area contributed by atoms with Gasteiger partial charge in [-0.25, -0.2) is 8.42 Å². The van der Waals surface area contributed by atoms with Gasteiger partial charge in [-0.2, -0.15) is 0 Å². The van der Waals surface area contributed by atoms with Crippen LogP contribution in [0.15, 0.2) is 71.6 Å². The summed E-state index contributed by atoms with van der Waals surface area (Å²) in [5.41, 5.74) is 1.76. The third kappa shape index (κ3) is 4.29. The van der Waals surface area contributed by atoms with Crippen LogP contribution < -0.4 is 5.32 Å². The minimum atomic E-state index is -3.36. The van der Waals surface area contributed by atoms with Crippen LogP contribution in [0.5, 0.6) is 0 Å². The number of nitrogens with one attached hydrogen (secondary N) is 1. The summed E-state index contributed by atoms with van der Waals surface area (Å²) in [6.07, 6.45) is 0.446. The van der Waals surface area contributed by atoms with Crippen LogP contribution in [0, 0.1) is 6.92 Å². The van der Waals surface area contributed by atoms with E-state index in [-0.39, 0.29) is 24.5 Å². The summed E-state index contributed by atoms with van der Waals surface area (Å²) in [6, 6.07) is 20.3. The molecule has 0 aliphatic rings. The third-order valence-electron chi connectivity index (χ3n) is 4.26. The number of aryl methyl sites for hydroxylation is 1. The number of carbonyl (C=O) groups is 1. The van der Waals surface area contributed by atoms with Gasteiger partial charge in [0.1, 0.15) is 0 Å². The molecule has 0 atom stereocenters. The zero-order valence-corrected chi connectivity index (χ0v) is 15.4. The molecule has 0 saturated heterocycles. The molecule has 1 N–H and O–H groups in total. The van der Waals surface area contributed by atoms with Crippen molar-refractivity contribution in [2.45, 2.75) is 24.7 Å². The SMILES string of the molecule is Cc1ccc(S(=O)(=O)CCCC(=O)Nc2cccc3ccccc23)cc1. The number of hydrogen-bond donors (Lipinski definition) is 1. The van der Waals surface area contributed by atoms with Crippen molar-refractivity contribution in [2.24, 2.45) is 0 Å². The quantitative estimate of drug-likeness (QED) is 0.705. The monoisotopic (exact) mass is 367 g/mol. The topological polar surface area (TPSA) is 63.2 Å². The Morgan fingerprint density at radius 1 is 0.923 bits per heavy atom. The molecule has 0 aliphatic heterocycles. The Kier molecular flexibility index (Phi) is 5.38. The van der Waals surface area contributed by atoms with Crippen molar-refractivity contribution < 1.29 is 13.2 Å². The van der Waals surface area contributed by atoms with E-state index in [1.165, 1.54) is 0 Å². The van der Waals surface area contributed by atoms with E-state index in [9.17, 15) is 13.2 Å². The smallest absolute Gasteiger partial charge is 0.224 e. The molecule has 0 saturated carbocycles. The summed E-state index contributed by atoms with van der Waals surface area (Å²) in [4.78, 5) is 12.5. The standard InChI is InChI=1S/C21H21NO3S/c1-16-11-13-18(14-12-16)26(24,25)15-5-10-21(23)22-20-9-4-7-17-6-2-3-8-19(17)20/h2-4,6-9,11-14H,5,10,15H2,1H3,(H,22,23). The maximum absolute atomic E-state index is 12.3. The van der Waals surface area contributed by atoms with Crippen LogP contribution >= 0.6 is 0 Å². The summed E-state index contributed by atoms with van der Waals surface area (Å²) in [5, 5.41) is 4.90. The molecule has 0 fully saturated rings. The van der Waals surface area contributed by atoms with E-state index in [1.54, 1.807) is 24.3 Å². The van der Waals surface area contributed by atoms with Gasteiger partial charge >= 0.3 is 0 Å². The first-order valence-electron chi connectivity index (χ1n) is 8.53. The molecule has 3 aromatic carbocycles. The summed E-state index contributed by atoms with van der Waals surface area (Å²) < 4.78 is 24.7. The number of rotatable bonds is 6. The van der Waals surface area contributed by atoms with Crippen LogP contribution in [0.1, 0.15) is 18.4 Å². The van der Waals surface area contributed by atoms with Crippen LogP contribution in [-0.2, 0) is 14.6 Å². The van der Waals surface area contributed by atoms with Crippen molar-refractivity contribution >= 4 is 32.2 Å². The number of amides is 1. The highest BCUT2D eigenvalue weighted by molar-refractivity contribution is 7.91. The van der Waals surface area contributed by atoms with E-state index in [2.05, 4.69) is 5.32 Å². The molecule has 0 radical (unpaired) electrons. The highest BCUT2D eigenvalue weighted by Gasteiger charge is 2.15. The van der Waals surface area contributed by atoms with Gasteiger partial charge in [-0.05, 0) is 36.9 Å². The maximum Gasteiger partial charge on any atom is 0.224 e. The second-order valence-corrected chi connectivity index (χ2v) is 8.42. The fraction of sp³-hybridized carbons (Fsp3) is 0.190. The molecule has 0 aliphatic carbocycles. The number of sulfone groups is 1. The maximum atomic E-state index is 12.3. The second kappa shape index (κ2) is 7.70. The molecule has 5 heteroatoms. The first-order valence-corrected chi connectivity index (χ1v) is 10.2. The van der Waals surface area contributed by atoms with Crippen molar-refractivity contribution in [3.05, 3.63) is 72.3 Å². The van der Waals surface area contributed by atoms with Gasteiger partial charge < -0.3 is 5.32 Å². The van der Waals surface area contributed by atoms with Crippen LogP contribution in [-0.4, -0.2) is 20.1 Å². The Morgan fingerprint density at radius 2 is 1.62 bits per heavy atom. The van der Waals surface area contributed by atoms with Crippen LogP contribution in [0.4, 0.5) is 5.69 Å². The third-order valence-corrected chi connectivity index (χ3v) is 6.08. The Hall–Kier alpha value is -2.66. The summed E-state index contributed by atoms with van der Waals surface area (Å²) in [6.45, 7) is 1.91. The number of fused-ring (bicyclic) bond motifs is 1. The van der Waals surface area contributed by atoms with Gasteiger partial charge in [0.15, 0.2) is 9.84 Å². The summed E-state index contributed by atoms with van der Waals surface area (Å²) >= 11 is 0. The fourth-order valence-corrected chi connectivity index (χ4v) is 4.14. The van der Waals surface area contributed by atoms with Crippen molar-refractivity contribution in [1.82, 2.24) is 0 Å². The van der Waals surface area contributed by atoms with E-state index in [0.29, 0.717) is 4.90 Å². The van der Waals surface area contributed by atoms with E-state index < -0.39 is 9.84 Å². The molecule has 0 aromatic heterocycles. The zero-order chi connectivity index (χ0) is 18.6. The van der Waals surface area contributed by atoms with Gasteiger partial charge in [0.25, 0.3) is 0 Å². The highest BCUT2D eigenvalue weighted by atomic mass is 32.2. The summed E-state index contributed by atoms with van der Waals surface area (Å²) in [5.74, 6) is -0.223. The number of hydrogen-bond acceptors (Lipinski definition) is 3. The normalized spacial score (nSPS) is 11.4. The zero-order valence-electron chi connectivity index (χ0n) is 14.6. The molecule has 134 valence electrons. The fourth-order valence-electron chi connectivity index (χ4n) is 2.83. The van der Waals surface area contributed by atoms with Crippen molar-refractivity contribution in [1.29, 1.82) is 0 Å². The lowest BCUT2D eigenvalue weighted by Gasteiger charge is -2.09. The first kappa shape index (κ1) is 18.1. The van der Waals surface area contributed by atoms with E-state index >= 15 is 0 Å². The molecular weight excluding hydrogens is 346 g/mol. The molecule has 0 unspecified atom stereocenters. The Bertz CT molecular complexity index is 1020. The minimum Gasteiger partial charge on any atom is -0.326 e. The number of carbonyl (C=O) groups excluding carboxylic acids is 1. The average molecular weight is 367 g/mol. The van der Waals surface area contributed by atoms with E-state index in [0.717, 1.165) is 22.0 Å². The Balaban J connectivity index is 1.60. The van der Waals surface area contributed by atoms with Gasteiger partial charge in [-0.15, -0.1) is 0 Å². The predicted octanol–water partition coefficient (Wildman–Crippen LogP) is 4.34. The number of benzene rings is 3. The van der Waals surface area contributed by atoms with Crippen LogP contribution in [0.25, 0.3) is 10.8 Å². The van der Waals surface area contributed by atoms with E-state index in [1.807, 2.05) is 49.4 Å². The predicted molar refractivity (Wildman–Crippen MR) is 105 cm³/mol. The highest BCUT2D eigenvalue weighted by Crippen LogP contribution is 2.23. The summed E-state index contributed by atoms with van der Waals surface area (Å²) in [7, 11) is -3.36. The molecule has 0 bridgehead atoms.